The molecule has 0 N–H and O–H groups in total. The van der Waals surface area contributed by atoms with Crippen LogP contribution in [0.1, 0.15) is 73.1 Å². The van der Waals surface area contributed by atoms with Crippen LogP contribution in [0, 0.1) is 29.1 Å². The highest BCUT2D eigenvalue weighted by molar-refractivity contribution is 6.74. The molecule has 0 radical (unpaired) electrons. The van der Waals surface area contributed by atoms with E-state index in [0.717, 1.165) is 24.7 Å². The van der Waals surface area contributed by atoms with E-state index in [9.17, 15) is 4.79 Å². The second kappa shape index (κ2) is 7.66. The summed E-state index contributed by atoms with van der Waals surface area (Å²) in [6.07, 6.45) is 8.83. The van der Waals surface area contributed by atoms with Crippen LogP contribution in [0.4, 0.5) is 0 Å². The van der Waals surface area contributed by atoms with Crippen molar-refractivity contribution >= 4 is 14.3 Å². The van der Waals surface area contributed by atoms with Gasteiger partial charge in [0.25, 0.3) is 0 Å². The van der Waals surface area contributed by atoms with Gasteiger partial charge >= 0.3 is 5.97 Å². The minimum atomic E-state index is -1.78. The molecule has 5 rings (SSSR count). The van der Waals surface area contributed by atoms with E-state index in [0.29, 0.717) is 23.4 Å². The second-order valence-corrected chi connectivity index (χ2v) is 17.6. The van der Waals surface area contributed by atoms with Gasteiger partial charge in [0.1, 0.15) is 6.10 Å². The molecule has 2 saturated carbocycles. The fraction of sp³-hybridized carbons (Fsp3) is 0.885. The average molecular weight is 463 g/mol. The van der Waals surface area contributed by atoms with Gasteiger partial charge in [-0.25, -0.2) is 0 Å². The Hall–Kier alpha value is -0.693. The summed E-state index contributed by atoms with van der Waals surface area (Å²) in [5.74, 6) is 2.35. The molecule has 4 fully saturated rings. The van der Waals surface area contributed by atoms with Crippen molar-refractivity contribution in [2.24, 2.45) is 29.1 Å². The van der Waals surface area contributed by atoms with Gasteiger partial charge in [-0.05, 0) is 84.9 Å². The van der Waals surface area contributed by atoms with Gasteiger partial charge in [-0.15, -0.1) is 0 Å². The van der Waals surface area contributed by atoms with E-state index in [1.54, 1.807) is 0 Å². The zero-order chi connectivity index (χ0) is 23.1. The predicted molar refractivity (Wildman–Crippen MR) is 125 cm³/mol. The number of allylic oxidation sites excluding steroid dienone is 1. The Balaban J connectivity index is 1.35. The Morgan fingerprint density at radius 2 is 1.91 bits per heavy atom. The van der Waals surface area contributed by atoms with E-state index in [2.05, 4.69) is 46.9 Å². The maximum atomic E-state index is 11.5. The monoisotopic (exact) mass is 462 g/mol. The summed E-state index contributed by atoms with van der Waals surface area (Å²) in [5, 5.41) is 0.251. The van der Waals surface area contributed by atoms with Crippen molar-refractivity contribution in [1.29, 1.82) is 0 Å². The Kier molecular flexibility index (Phi) is 5.52. The van der Waals surface area contributed by atoms with E-state index in [4.69, 9.17) is 18.6 Å². The maximum absolute atomic E-state index is 11.5. The van der Waals surface area contributed by atoms with Crippen LogP contribution in [0.2, 0.25) is 18.1 Å². The summed E-state index contributed by atoms with van der Waals surface area (Å²) in [5.41, 5.74) is 1.63. The van der Waals surface area contributed by atoms with E-state index in [1.807, 2.05) is 0 Å². The molecule has 0 aromatic carbocycles. The lowest BCUT2D eigenvalue weighted by molar-refractivity contribution is -0.175. The van der Waals surface area contributed by atoms with Crippen LogP contribution in [-0.2, 0) is 23.4 Å². The molecule has 4 unspecified atom stereocenters. The Bertz CT molecular complexity index is 801. The van der Waals surface area contributed by atoms with Crippen molar-refractivity contribution in [2.45, 2.75) is 116 Å². The first-order chi connectivity index (χ1) is 14.9. The summed E-state index contributed by atoms with van der Waals surface area (Å²) < 4.78 is 24.5. The smallest absolute Gasteiger partial charge is 0.305 e. The second-order valence-electron chi connectivity index (χ2n) is 12.8. The third-order valence-corrected chi connectivity index (χ3v) is 14.6. The van der Waals surface area contributed by atoms with Crippen molar-refractivity contribution in [1.82, 2.24) is 0 Å². The molecule has 0 aromatic heterocycles. The molecule has 0 amide bonds. The van der Waals surface area contributed by atoms with E-state index < -0.39 is 14.6 Å². The summed E-state index contributed by atoms with van der Waals surface area (Å²) in [6.45, 7) is 15.8. The summed E-state index contributed by atoms with van der Waals surface area (Å²) in [6, 6.07) is 0. The van der Waals surface area contributed by atoms with Gasteiger partial charge in [0.2, 0.25) is 6.29 Å². The number of rotatable bonds is 3. The molecule has 3 aliphatic carbocycles. The number of esters is 1. The molecule has 0 spiro atoms. The van der Waals surface area contributed by atoms with Crippen molar-refractivity contribution < 1.29 is 23.4 Å². The van der Waals surface area contributed by atoms with Gasteiger partial charge in [-0.3, -0.25) is 4.79 Å². The summed E-state index contributed by atoms with van der Waals surface area (Å²) >= 11 is 0. The van der Waals surface area contributed by atoms with Crippen LogP contribution in [0.15, 0.2) is 11.6 Å². The largest absolute Gasteiger partial charge is 0.433 e. The van der Waals surface area contributed by atoms with Crippen molar-refractivity contribution in [3.05, 3.63) is 11.6 Å². The number of fused-ring (bicyclic) bond motifs is 8. The quantitative estimate of drug-likeness (QED) is 0.301. The molecule has 5 aliphatic rings. The van der Waals surface area contributed by atoms with Crippen molar-refractivity contribution in [3.63, 3.8) is 0 Å². The minimum Gasteiger partial charge on any atom is -0.433 e. The summed E-state index contributed by atoms with van der Waals surface area (Å²) in [4.78, 5) is 11.5. The zero-order valence-corrected chi connectivity index (χ0v) is 22.0. The number of carbonyl (C=O) groups is 1. The van der Waals surface area contributed by atoms with Crippen LogP contribution in [-0.4, -0.2) is 39.1 Å². The first-order valence-corrected chi connectivity index (χ1v) is 15.7. The molecule has 2 saturated heterocycles. The molecule has 180 valence electrons. The fourth-order valence-corrected chi connectivity index (χ4v) is 8.88. The fourth-order valence-electron chi connectivity index (χ4n) is 7.43. The minimum absolute atomic E-state index is 0.213. The topological polar surface area (TPSA) is 54.0 Å². The lowest BCUT2D eigenvalue weighted by Gasteiger charge is -2.54. The summed E-state index contributed by atoms with van der Waals surface area (Å²) in [7, 11) is -1.78. The van der Waals surface area contributed by atoms with Crippen LogP contribution in [0.25, 0.3) is 0 Å². The van der Waals surface area contributed by atoms with E-state index >= 15 is 0 Å². The van der Waals surface area contributed by atoms with Gasteiger partial charge in [-0.2, -0.15) is 0 Å². The van der Waals surface area contributed by atoms with E-state index in [-0.39, 0.29) is 23.4 Å². The third-order valence-electron chi connectivity index (χ3n) is 10.1. The van der Waals surface area contributed by atoms with Gasteiger partial charge in [-0.1, -0.05) is 33.8 Å². The lowest BCUT2D eigenvalue weighted by Crippen LogP contribution is -2.52. The van der Waals surface area contributed by atoms with Gasteiger partial charge in [0, 0.05) is 13.3 Å². The normalized spacial score (nSPS) is 45.5. The molecular weight excluding hydrogens is 420 g/mol. The highest BCUT2D eigenvalue weighted by Crippen LogP contribution is 2.63. The predicted octanol–water partition coefficient (Wildman–Crippen LogP) is 5.80. The lowest BCUT2D eigenvalue weighted by atomic mass is 9.53. The first kappa shape index (κ1) is 23.1. The molecule has 9 atom stereocenters. The van der Waals surface area contributed by atoms with E-state index in [1.165, 1.54) is 38.2 Å². The Morgan fingerprint density at radius 1 is 1.16 bits per heavy atom. The first-order valence-electron chi connectivity index (χ1n) is 12.8. The number of hydrogen-bond acceptors (Lipinski definition) is 5. The number of hydrogen-bond donors (Lipinski definition) is 0. The standard InChI is InChI=1S/C26H42O5Si/c1-15(27)28-24-23-18-9-8-17-16(19(18)14-22(29-23)30-24)12-13-26(5)20(17)10-11-21(26)31-32(6,7)25(2,3)4/h9,16-17,19-24H,8,10-14H2,1-7H3/t16?,17?,19-,20?,21+,22+,23+,24?,26+/m1/s1. The van der Waals surface area contributed by atoms with Gasteiger partial charge < -0.3 is 18.6 Å². The molecule has 2 aliphatic heterocycles. The molecule has 6 heteroatoms. The van der Waals surface area contributed by atoms with Gasteiger partial charge in [0.05, 0.1) is 6.10 Å². The van der Waals surface area contributed by atoms with Crippen LogP contribution >= 0.6 is 0 Å². The zero-order valence-electron chi connectivity index (χ0n) is 21.0. The molecular formula is C26H42O5Si. The third kappa shape index (κ3) is 3.55. The number of ether oxygens (including phenoxy) is 3. The molecule has 2 heterocycles. The van der Waals surface area contributed by atoms with Crippen molar-refractivity contribution in [3.8, 4) is 0 Å². The van der Waals surface area contributed by atoms with Crippen LogP contribution in [0.5, 0.6) is 0 Å². The molecule has 2 bridgehead atoms. The number of carbonyl (C=O) groups excluding carboxylic acids is 1. The average Bonchev–Trinajstić information content (AvgIpc) is 3.17. The molecule has 5 nitrogen and oxygen atoms in total. The maximum Gasteiger partial charge on any atom is 0.305 e. The SMILES string of the molecule is CC(=O)OC1O[C@H]2C[C@H]3C(=CCC4C3CC[C@@]3(C)C4CC[C@@H]3O[Si](C)(C)C(C)(C)C)[C@@H]1O2. The Morgan fingerprint density at radius 3 is 2.59 bits per heavy atom. The highest BCUT2D eigenvalue weighted by atomic mass is 28.4. The van der Waals surface area contributed by atoms with Gasteiger partial charge in [0.15, 0.2) is 14.6 Å². The highest BCUT2D eigenvalue weighted by Gasteiger charge is 2.60. The Labute approximate surface area is 194 Å². The molecule has 0 aromatic rings. The van der Waals surface area contributed by atoms with Crippen LogP contribution < -0.4 is 0 Å². The van der Waals surface area contributed by atoms with Crippen molar-refractivity contribution in [2.75, 3.05) is 0 Å². The van der Waals surface area contributed by atoms with Crippen LogP contribution in [0.3, 0.4) is 0 Å². The molecule has 32 heavy (non-hydrogen) atoms.